The highest BCUT2D eigenvalue weighted by Gasteiger charge is 2.18. The predicted octanol–water partition coefficient (Wildman–Crippen LogP) is 1.91. The summed E-state index contributed by atoms with van der Waals surface area (Å²) in [6, 6.07) is 0. The van der Waals surface area contributed by atoms with Crippen LogP contribution in [0.4, 0.5) is 0 Å². The average molecular weight is 204 g/mol. The van der Waals surface area contributed by atoms with E-state index in [9.17, 15) is 4.79 Å². The van der Waals surface area contributed by atoms with Gasteiger partial charge in [-0.25, -0.2) is 4.79 Å². The molecule has 0 saturated carbocycles. The van der Waals surface area contributed by atoms with E-state index in [-0.39, 0.29) is 11.4 Å². The SMILES string of the molecule is C=C(C)C(=O)OC1CSCCS1. The van der Waals surface area contributed by atoms with Crippen LogP contribution in [0.3, 0.4) is 0 Å². The van der Waals surface area contributed by atoms with Gasteiger partial charge in [-0.2, -0.15) is 11.8 Å². The largest absolute Gasteiger partial charge is 0.447 e. The van der Waals surface area contributed by atoms with E-state index < -0.39 is 0 Å². The molecule has 1 aliphatic heterocycles. The van der Waals surface area contributed by atoms with Gasteiger partial charge in [-0.3, -0.25) is 0 Å². The molecule has 0 bridgehead atoms. The maximum atomic E-state index is 11.1. The molecule has 1 aliphatic rings. The van der Waals surface area contributed by atoms with Crippen molar-refractivity contribution in [1.29, 1.82) is 0 Å². The van der Waals surface area contributed by atoms with E-state index in [4.69, 9.17) is 4.74 Å². The zero-order valence-corrected chi connectivity index (χ0v) is 8.67. The lowest BCUT2D eigenvalue weighted by molar-refractivity contribution is -0.139. The predicted molar refractivity (Wildman–Crippen MR) is 54.5 cm³/mol. The maximum Gasteiger partial charge on any atom is 0.334 e. The van der Waals surface area contributed by atoms with E-state index in [1.165, 1.54) is 0 Å². The molecule has 1 saturated heterocycles. The Hall–Kier alpha value is -0.0900. The standard InChI is InChI=1S/C8H12O2S2/c1-6(2)8(9)10-7-5-11-3-4-12-7/h7H,1,3-5H2,2H3. The molecule has 0 aliphatic carbocycles. The summed E-state index contributed by atoms with van der Waals surface area (Å²) in [6.45, 7) is 5.20. The van der Waals surface area contributed by atoms with Gasteiger partial charge in [-0.1, -0.05) is 6.58 Å². The fraction of sp³-hybridized carbons (Fsp3) is 0.625. The molecule has 0 aromatic carbocycles. The van der Waals surface area contributed by atoms with E-state index >= 15 is 0 Å². The van der Waals surface area contributed by atoms with Gasteiger partial charge in [0, 0.05) is 22.8 Å². The maximum absolute atomic E-state index is 11.1. The van der Waals surface area contributed by atoms with Crippen molar-refractivity contribution >= 4 is 29.5 Å². The average Bonchev–Trinajstić information content (AvgIpc) is 2.06. The molecule has 2 nitrogen and oxygen atoms in total. The highest BCUT2D eigenvalue weighted by atomic mass is 32.2. The van der Waals surface area contributed by atoms with Crippen molar-refractivity contribution in [3.8, 4) is 0 Å². The van der Waals surface area contributed by atoms with Crippen molar-refractivity contribution in [3.63, 3.8) is 0 Å². The van der Waals surface area contributed by atoms with Gasteiger partial charge in [0.25, 0.3) is 0 Å². The normalized spacial score (nSPS) is 23.2. The molecule has 68 valence electrons. The Balaban J connectivity index is 2.29. The third-order valence-electron chi connectivity index (χ3n) is 1.37. The number of ether oxygens (including phenoxy) is 1. The van der Waals surface area contributed by atoms with Crippen LogP contribution >= 0.6 is 23.5 Å². The summed E-state index contributed by atoms with van der Waals surface area (Å²) in [5.74, 6) is 2.86. The lowest BCUT2D eigenvalue weighted by Gasteiger charge is -2.20. The molecule has 12 heavy (non-hydrogen) atoms. The molecule has 1 unspecified atom stereocenters. The topological polar surface area (TPSA) is 26.3 Å². The number of esters is 1. The molecular formula is C8H12O2S2. The fourth-order valence-electron chi connectivity index (χ4n) is 0.754. The number of thioether (sulfide) groups is 2. The third kappa shape index (κ3) is 3.11. The van der Waals surface area contributed by atoms with Crippen LogP contribution in [0.15, 0.2) is 12.2 Å². The van der Waals surface area contributed by atoms with Crippen molar-refractivity contribution in [3.05, 3.63) is 12.2 Å². The molecule has 1 fully saturated rings. The summed E-state index contributed by atoms with van der Waals surface area (Å²) in [7, 11) is 0. The summed E-state index contributed by atoms with van der Waals surface area (Å²) in [6.07, 6.45) is 0. The van der Waals surface area contributed by atoms with Crippen LogP contribution in [0.1, 0.15) is 6.92 Å². The zero-order valence-electron chi connectivity index (χ0n) is 7.04. The van der Waals surface area contributed by atoms with E-state index in [1.807, 2.05) is 11.8 Å². The number of hydrogen-bond acceptors (Lipinski definition) is 4. The number of rotatable bonds is 2. The summed E-state index contributed by atoms with van der Waals surface area (Å²) in [5, 5.41) is 0. The Kier molecular flexibility index (Phi) is 4.01. The van der Waals surface area contributed by atoms with Crippen molar-refractivity contribution in [2.24, 2.45) is 0 Å². The van der Waals surface area contributed by atoms with Crippen LogP contribution in [0.25, 0.3) is 0 Å². The van der Waals surface area contributed by atoms with Crippen LogP contribution in [-0.2, 0) is 9.53 Å². The van der Waals surface area contributed by atoms with Gasteiger partial charge in [0.1, 0.15) is 0 Å². The monoisotopic (exact) mass is 204 g/mol. The molecule has 0 amide bonds. The van der Waals surface area contributed by atoms with Gasteiger partial charge in [0.05, 0.1) is 0 Å². The van der Waals surface area contributed by atoms with Crippen molar-refractivity contribution in [2.45, 2.75) is 12.4 Å². The summed E-state index contributed by atoms with van der Waals surface area (Å²) in [5.41, 5.74) is 0.513. The smallest absolute Gasteiger partial charge is 0.334 e. The lowest BCUT2D eigenvalue weighted by Crippen LogP contribution is -2.21. The Morgan fingerprint density at radius 2 is 2.33 bits per heavy atom. The van der Waals surface area contributed by atoms with Gasteiger partial charge < -0.3 is 4.74 Å². The molecular weight excluding hydrogens is 192 g/mol. The minimum atomic E-state index is -0.269. The Morgan fingerprint density at radius 1 is 1.58 bits per heavy atom. The fourth-order valence-corrected chi connectivity index (χ4v) is 3.13. The van der Waals surface area contributed by atoms with Crippen LogP contribution in [0, 0.1) is 0 Å². The Bertz CT molecular complexity index is 185. The molecule has 0 aromatic heterocycles. The molecule has 1 heterocycles. The first-order chi connectivity index (χ1) is 5.70. The second kappa shape index (κ2) is 4.82. The third-order valence-corrected chi connectivity index (χ3v) is 3.95. The Morgan fingerprint density at radius 3 is 2.83 bits per heavy atom. The number of carbonyl (C=O) groups is 1. The molecule has 0 aromatic rings. The van der Waals surface area contributed by atoms with E-state index in [0.29, 0.717) is 5.57 Å². The quantitative estimate of drug-likeness (QED) is 0.507. The number of hydrogen-bond donors (Lipinski definition) is 0. The first kappa shape index (κ1) is 9.99. The van der Waals surface area contributed by atoms with Gasteiger partial charge in [-0.05, 0) is 6.92 Å². The molecule has 0 N–H and O–H groups in total. The van der Waals surface area contributed by atoms with Crippen molar-refractivity contribution in [2.75, 3.05) is 17.3 Å². The summed E-state index contributed by atoms with van der Waals surface area (Å²) in [4.78, 5) is 11.1. The molecule has 1 rings (SSSR count). The number of carbonyl (C=O) groups excluding carboxylic acids is 1. The molecule has 1 atom stereocenters. The van der Waals surface area contributed by atoms with E-state index in [2.05, 4.69) is 6.58 Å². The molecule has 0 spiro atoms. The van der Waals surface area contributed by atoms with Gasteiger partial charge in [0.15, 0.2) is 5.44 Å². The summed E-state index contributed by atoms with van der Waals surface area (Å²) < 4.78 is 5.16. The highest BCUT2D eigenvalue weighted by molar-refractivity contribution is 8.06. The second-order valence-electron chi connectivity index (χ2n) is 2.56. The van der Waals surface area contributed by atoms with Crippen LogP contribution in [-0.4, -0.2) is 28.7 Å². The zero-order chi connectivity index (χ0) is 8.97. The van der Waals surface area contributed by atoms with Gasteiger partial charge >= 0.3 is 5.97 Å². The van der Waals surface area contributed by atoms with Crippen molar-refractivity contribution in [1.82, 2.24) is 0 Å². The summed E-state index contributed by atoms with van der Waals surface area (Å²) >= 11 is 3.53. The highest BCUT2D eigenvalue weighted by Crippen LogP contribution is 2.25. The van der Waals surface area contributed by atoms with Gasteiger partial charge in [-0.15, -0.1) is 11.8 Å². The first-order valence-corrected chi connectivity index (χ1v) is 5.96. The van der Waals surface area contributed by atoms with Gasteiger partial charge in [0.2, 0.25) is 0 Å². The van der Waals surface area contributed by atoms with E-state index in [1.54, 1.807) is 18.7 Å². The minimum absolute atomic E-state index is 0.0351. The second-order valence-corrected chi connectivity index (χ2v) is 4.98. The van der Waals surface area contributed by atoms with Crippen molar-refractivity contribution < 1.29 is 9.53 Å². The first-order valence-electron chi connectivity index (χ1n) is 3.76. The lowest BCUT2D eigenvalue weighted by atomic mass is 10.4. The van der Waals surface area contributed by atoms with E-state index in [0.717, 1.165) is 17.3 Å². The Labute approximate surface area is 81.1 Å². The minimum Gasteiger partial charge on any atom is -0.447 e. The van der Waals surface area contributed by atoms with Crippen LogP contribution in [0.2, 0.25) is 0 Å². The molecule has 4 heteroatoms. The molecule has 0 radical (unpaired) electrons. The van der Waals surface area contributed by atoms with Crippen LogP contribution < -0.4 is 0 Å². The van der Waals surface area contributed by atoms with Crippen LogP contribution in [0.5, 0.6) is 0 Å².